The van der Waals surface area contributed by atoms with Gasteiger partial charge in [0.2, 0.25) is 5.91 Å². The average Bonchev–Trinajstić information content (AvgIpc) is 3.42. The summed E-state index contributed by atoms with van der Waals surface area (Å²) < 4.78 is 5.48. The smallest absolute Gasteiger partial charge is 0.305 e. The number of unbranched alkanes of at least 4 members (excludes halogenated alkanes) is 50. The summed E-state index contributed by atoms with van der Waals surface area (Å²) in [5.41, 5.74) is 0. The zero-order chi connectivity index (χ0) is 55.0. The van der Waals surface area contributed by atoms with Crippen molar-refractivity contribution in [2.24, 2.45) is 0 Å². The van der Waals surface area contributed by atoms with Crippen LogP contribution in [-0.2, 0) is 14.3 Å². The van der Waals surface area contributed by atoms with E-state index in [1.807, 2.05) is 0 Å². The number of ether oxygens (including phenoxy) is 1. The molecular formula is C70H135NO5. The Morgan fingerprint density at radius 2 is 0.618 bits per heavy atom. The van der Waals surface area contributed by atoms with Crippen molar-refractivity contribution in [3.63, 3.8) is 0 Å². The molecule has 0 radical (unpaired) electrons. The molecule has 76 heavy (non-hydrogen) atoms. The van der Waals surface area contributed by atoms with Crippen LogP contribution < -0.4 is 5.32 Å². The maximum Gasteiger partial charge on any atom is 0.305 e. The largest absolute Gasteiger partial charge is 0.466 e. The van der Waals surface area contributed by atoms with E-state index in [1.165, 1.54) is 308 Å². The Hall–Kier alpha value is -1.66. The second kappa shape index (κ2) is 65.9. The fraction of sp³-hybridized carbons (Fsp3) is 0.914. The molecule has 0 aliphatic carbocycles. The van der Waals surface area contributed by atoms with E-state index in [1.54, 1.807) is 0 Å². The van der Waals surface area contributed by atoms with Crippen LogP contribution in [0.15, 0.2) is 24.3 Å². The van der Waals surface area contributed by atoms with Gasteiger partial charge in [0.05, 0.1) is 25.4 Å². The number of carbonyl (C=O) groups is 2. The summed E-state index contributed by atoms with van der Waals surface area (Å²) in [6, 6.07) is -0.545. The molecule has 450 valence electrons. The van der Waals surface area contributed by atoms with Crippen LogP contribution in [0.2, 0.25) is 0 Å². The van der Waals surface area contributed by atoms with Crippen molar-refractivity contribution in [3.05, 3.63) is 24.3 Å². The number of nitrogens with one attached hydrogen (secondary N) is 1. The number of hydrogen-bond acceptors (Lipinski definition) is 5. The molecule has 0 aromatic heterocycles. The molecule has 0 bridgehead atoms. The molecular weight excluding hydrogens is 935 g/mol. The van der Waals surface area contributed by atoms with Gasteiger partial charge in [0, 0.05) is 12.8 Å². The highest BCUT2D eigenvalue weighted by molar-refractivity contribution is 5.76. The predicted molar refractivity (Wildman–Crippen MR) is 333 cm³/mol. The maximum atomic E-state index is 12.5. The molecule has 0 rings (SSSR count). The molecule has 0 aromatic carbocycles. The van der Waals surface area contributed by atoms with Crippen molar-refractivity contribution < 1.29 is 24.5 Å². The Bertz CT molecular complexity index is 1190. The van der Waals surface area contributed by atoms with E-state index < -0.39 is 12.1 Å². The van der Waals surface area contributed by atoms with Gasteiger partial charge in [-0.25, -0.2) is 0 Å². The molecule has 6 nitrogen and oxygen atoms in total. The molecule has 3 N–H and O–H groups in total. The molecule has 1 amide bonds. The first-order chi connectivity index (χ1) is 37.5. The van der Waals surface area contributed by atoms with Gasteiger partial charge in [0.1, 0.15) is 0 Å². The zero-order valence-corrected chi connectivity index (χ0v) is 51.5. The molecule has 0 saturated carbocycles. The summed E-state index contributed by atoms with van der Waals surface area (Å²) in [5.74, 6) is -0.0291. The summed E-state index contributed by atoms with van der Waals surface area (Å²) in [7, 11) is 0. The first kappa shape index (κ1) is 74.3. The number of esters is 1. The van der Waals surface area contributed by atoms with Gasteiger partial charge in [-0.1, -0.05) is 321 Å². The van der Waals surface area contributed by atoms with E-state index in [2.05, 4.69) is 43.5 Å². The first-order valence-corrected chi connectivity index (χ1v) is 34.6. The van der Waals surface area contributed by atoms with E-state index in [9.17, 15) is 19.8 Å². The van der Waals surface area contributed by atoms with Gasteiger partial charge in [0.25, 0.3) is 0 Å². The predicted octanol–water partition coefficient (Wildman–Crippen LogP) is 22.1. The lowest BCUT2D eigenvalue weighted by Gasteiger charge is -2.22. The Labute approximate surface area is 475 Å². The Morgan fingerprint density at radius 3 is 0.947 bits per heavy atom. The number of amides is 1. The molecule has 0 aliphatic heterocycles. The summed E-state index contributed by atoms with van der Waals surface area (Å²) in [6.07, 6.45) is 82.1. The van der Waals surface area contributed by atoms with E-state index in [0.717, 1.165) is 44.9 Å². The van der Waals surface area contributed by atoms with Crippen molar-refractivity contribution in [2.75, 3.05) is 13.2 Å². The highest BCUT2D eigenvalue weighted by Crippen LogP contribution is 2.19. The molecule has 0 fully saturated rings. The minimum atomic E-state index is -0.667. The lowest BCUT2D eigenvalue weighted by Crippen LogP contribution is -2.45. The number of hydrogen-bond donors (Lipinski definition) is 3. The number of rotatable bonds is 65. The Kier molecular flexibility index (Phi) is 64.4. The van der Waals surface area contributed by atoms with Gasteiger partial charge in [-0.15, -0.1) is 0 Å². The Balaban J connectivity index is 3.40. The third kappa shape index (κ3) is 61.6. The molecule has 0 spiro atoms. The highest BCUT2D eigenvalue weighted by Gasteiger charge is 2.20. The molecule has 0 saturated heterocycles. The average molecular weight is 1070 g/mol. The van der Waals surface area contributed by atoms with Gasteiger partial charge >= 0.3 is 5.97 Å². The van der Waals surface area contributed by atoms with Gasteiger partial charge in [-0.05, 0) is 77.0 Å². The number of aliphatic hydroxyl groups is 2. The van der Waals surface area contributed by atoms with Crippen molar-refractivity contribution in [1.29, 1.82) is 0 Å². The van der Waals surface area contributed by atoms with Crippen LogP contribution in [0.25, 0.3) is 0 Å². The quantitative estimate of drug-likeness (QED) is 0.0320. The van der Waals surface area contributed by atoms with Crippen molar-refractivity contribution >= 4 is 11.9 Å². The van der Waals surface area contributed by atoms with E-state index >= 15 is 0 Å². The highest BCUT2D eigenvalue weighted by atomic mass is 16.5. The van der Waals surface area contributed by atoms with Crippen LogP contribution in [0.5, 0.6) is 0 Å². The van der Waals surface area contributed by atoms with Gasteiger partial charge in [-0.3, -0.25) is 9.59 Å². The maximum absolute atomic E-state index is 12.5. The van der Waals surface area contributed by atoms with E-state index in [0.29, 0.717) is 25.9 Å². The number of aliphatic hydroxyl groups excluding tert-OH is 2. The zero-order valence-electron chi connectivity index (χ0n) is 51.5. The summed E-state index contributed by atoms with van der Waals surface area (Å²) >= 11 is 0. The third-order valence-electron chi connectivity index (χ3n) is 16.2. The van der Waals surface area contributed by atoms with Crippen LogP contribution in [0.3, 0.4) is 0 Å². The standard InChI is InChI=1S/C70H135NO5/c1-3-5-7-9-11-13-15-17-18-19-20-26-29-32-35-39-42-46-50-54-58-62-68(73)67(66-72)71-69(74)63-59-55-51-47-43-40-36-33-30-27-24-22-21-23-25-28-31-34-37-41-45-49-53-57-61-65-76-70(75)64-60-56-52-48-44-38-16-14-12-10-8-6-4-2/h14,16,22,24,67-68,72-73H,3-13,15,17-21,23,25-66H2,1-2H3,(H,71,74)/b16-14-,24-22-. The minimum absolute atomic E-state index is 0.00490. The summed E-state index contributed by atoms with van der Waals surface area (Å²) in [6.45, 7) is 4.97. The monoisotopic (exact) mass is 1070 g/mol. The lowest BCUT2D eigenvalue weighted by atomic mass is 10.0. The van der Waals surface area contributed by atoms with Gasteiger partial charge in [0.15, 0.2) is 0 Å². The van der Waals surface area contributed by atoms with Crippen LogP contribution in [0.4, 0.5) is 0 Å². The normalized spacial score (nSPS) is 12.6. The van der Waals surface area contributed by atoms with Crippen molar-refractivity contribution in [1.82, 2.24) is 5.32 Å². The summed E-state index contributed by atoms with van der Waals surface area (Å²) in [5, 5.41) is 23.4. The number of allylic oxidation sites excluding steroid dienone is 4. The van der Waals surface area contributed by atoms with E-state index in [4.69, 9.17) is 4.74 Å². The van der Waals surface area contributed by atoms with Gasteiger partial charge in [-0.2, -0.15) is 0 Å². The molecule has 6 heteroatoms. The molecule has 2 atom stereocenters. The van der Waals surface area contributed by atoms with Crippen molar-refractivity contribution in [3.8, 4) is 0 Å². The molecule has 2 unspecified atom stereocenters. The minimum Gasteiger partial charge on any atom is -0.466 e. The third-order valence-corrected chi connectivity index (χ3v) is 16.2. The second-order valence-corrected chi connectivity index (χ2v) is 23.9. The number of carbonyl (C=O) groups excluding carboxylic acids is 2. The second-order valence-electron chi connectivity index (χ2n) is 23.9. The van der Waals surface area contributed by atoms with Gasteiger partial charge < -0.3 is 20.3 Å². The fourth-order valence-corrected chi connectivity index (χ4v) is 10.9. The van der Waals surface area contributed by atoms with Crippen LogP contribution in [0, 0.1) is 0 Å². The SMILES string of the molecule is CCCCCC/C=C\CCCCCCCC(=O)OCCCCCCCCCCCCCC/C=C\CCCCCCCCCCCC(=O)NC(CO)C(O)CCCCCCCCCCCCCCCCCCCCCCC. The van der Waals surface area contributed by atoms with Crippen LogP contribution in [0.1, 0.15) is 386 Å². The lowest BCUT2D eigenvalue weighted by molar-refractivity contribution is -0.143. The topological polar surface area (TPSA) is 95.9 Å². The molecule has 0 aliphatic rings. The Morgan fingerprint density at radius 1 is 0.355 bits per heavy atom. The summed E-state index contributed by atoms with van der Waals surface area (Å²) in [4.78, 5) is 24.6. The van der Waals surface area contributed by atoms with E-state index in [-0.39, 0.29) is 18.5 Å². The van der Waals surface area contributed by atoms with Crippen molar-refractivity contribution in [2.45, 2.75) is 398 Å². The first-order valence-electron chi connectivity index (χ1n) is 34.6. The van der Waals surface area contributed by atoms with Crippen LogP contribution in [-0.4, -0.2) is 47.4 Å². The fourth-order valence-electron chi connectivity index (χ4n) is 10.9. The van der Waals surface area contributed by atoms with Crippen LogP contribution >= 0.6 is 0 Å². The molecule has 0 aromatic rings. The molecule has 0 heterocycles.